The number of aliphatic imine (C=N–C) groups is 1. The number of nitrogens with one attached hydrogen (secondary N) is 1. The van der Waals surface area contributed by atoms with Crippen molar-refractivity contribution in [3.63, 3.8) is 0 Å². The van der Waals surface area contributed by atoms with Crippen molar-refractivity contribution in [3.05, 3.63) is 39.1 Å². The summed E-state index contributed by atoms with van der Waals surface area (Å²) in [6.45, 7) is 5.94. The Morgan fingerprint density at radius 3 is 2.89 bits per heavy atom. The zero-order chi connectivity index (χ0) is 13.1. The third-order valence-electron chi connectivity index (χ3n) is 2.66. The molecule has 1 aliphatic rings. The van der Waals surface area contributed by atoms with Gasteiger partial charge in [-0.25, -0.2) is 0 Å². The number of carbonyl (C=O) groups is 1. The second-order valence-corrected chi connectivity index (χ2v) is 4.86. The highest BCUT2D eigenvalue weighted by Crippen LogP contribution is 2.25. The summed E-state index contributed by atoms with van der Waals surface area (Å²) >= 11 is 1.17. The molecule has 1 fully saturated rings. The summed E-state index contributed by atoms with van der Waals surface area (Å²) in [4.78, 5) is 16.2. The quantitative estimate of drug-likeness (QED) is 0.833. The van der Waals surface area contributed by atoms with Crippen LogP contribution in [-0.4, -0.2) is 18.1 Å². The SMILES string of the molecule is C=c1ccc(/C=C2\SC(=O)NC2=NC)c/c1=C/C. The smallest absolute Gasteiger partial charge is 0.289 e. The van der Waals surface area contributed by atoms with Crippen LogP contribution in [0.3, 0.4) is 0 Å². The molecule has 0 spiro atoms. The monoisotopic (exact) mass is 258 g/mol. The average Bonchev–Trinajstić information content (AvgIpc) is 2.72. The molecule has 0 atom stereocenters. The van der Waals surface area contributed by atoms with Crippen LogP contribution in [0, 0.1) is 0 Å². The Balaban J connectivity index is 2.45. The fraction of sp³-hybridized carbons (Fsp3) is 0.143. The molecule has 0 saturated carbocycles. The third kappa shape index (κ3) is 2.54. The molecule has 1 heterocycles. The first-order valence-corrected chi connectivity index (χ1v) is 6.38. The molecule has 18 heavy (non-hydrogen) atoms. The van der Waals surface area contributed by atoms with Crippen molar-refractivity contribution in [2.45, 2.75) is 6.92 Å². The van der Waals surface area contributed by atoms with E-state index in [-0.39, 0.29) is 5.24 Å². The largest absolute Gasteiger partial charge is 0.300 e. The predicted octanol–water partition coefficient (Wildman–Crippen LogP) is 1.72. The lowest BCUT2D eigenvalue weighted by Gasteiger charge is -1.98. The molecule has 3 nitrogen and oxygen atoms in total. The van der Waals surface area contributed by atoms with E-state index in [1.807, 2.05) is 37.3 Å². The van der Waals surface area contributed by atoms with Gasteiger partial charge < -0.3 is 5.32 Å². The zero-order valence-electron chi connectivity index (χ0n) is 10.4. The van der Waals surface area contributed by atoms with E-state index in [0.29, 0.717) is 5.84 Å². The molecule has 1 amide bonds. The Bertz CT molecular complexity index is 659. The Morgan fingerprint density at radius 1 is 1.44 bits per heavy atom. The minimum atomic E-state index is -0.0853. The van der Waals surface area contributed by atoms with E-state index in [9.17, 15) is 4.79 Å². The van der Waals surface area contributed by atoms with Crippen LogP contribution in [0.5, 0.6) is 0 Å². The first-order chi connectivity index (χ1) is 8.63. The number of hydrogen-bond acceptors (Lipinski definition) is 3. The number of rotatable bonds is 1. The highest BCUT2D eigenvalue weighted by Gasteiger charge is 2.22. The summed E-state index contributed by atoms with van der Waals surface area (Å²) in [7, 11) is 1.67. The predicted molar refractivity (Wildman–Crippen MR) is 78.8 cm³/mol. The number of amides is 1. The summed E-state index contributed by atoms with van der Waals surface area (Å²) in [6, 6.07) is 6.00. The van der Waals surface area contributed by atoms with Gasteiger partial charge in [0.25, 0.3) is 5.24 Å². The lowest BCUT2D eigenvalue weighted by atomic mass is 10.1. The molecule has 2 rings (SSSR count). The molecule has 1 aliphatic heterocycles. The lowest BCUT2D eigenvalue weighted by molar-refractivity contribution is 0.265. The minimum Gasteiger partial charge on any atom is -0.300 e. The van der Waals surface area contributed by atoms with Gasteiger partial charge in [0.15, 0.2) is 0 Å². The van der Waals surface area contributed by atoms with E-state index < -0.39 is 0 Å². The standard InChI is InChI=1S/C14H14N2OS/c1-4-11-7-10(6-5-9(11)2)8-12-13(15-3)16-14(17)18-12/h4-8H,2H2,1,3H3,(H,15,16,17)/b11-4-,12-8-. The van der Waals surface area contributed by atoms with Gasteiger partial charge in [-0.2, -0.15) is 0 Å². The van der Waals surface area contributed by atoms with E-state index in [1.165, 1.54) is 11.8 Å². The third-order valence-corrected chi connectivity index (χ3v) is 3.48. The Morgan fingerprint density at radius 2 is 2.22 bits per heavy atom. The Labute approximate surface area is 110 Å². The maximum absolute atomic E-state index is 11.3. The molecule has 0 aliphatic carbocycles. The van der Waals surface area contributed by atoms with E-state index in [1.54, 1.807) is 7.05 Å². The molecule has 0 radical (unpaired) electrons. The summed E-state index contributed by atoms with van der Waals surface area (Å²) in [5, 5.41) is 4.71. The van der Waals surface area contributed by atoms with E-state index in [4.69, 9.17) is 0 Å². The number of thioether (sulfide) groups is 1. The molecule has 0 unspecified atom stereocenters. The van der Waals surface area contributed by atoms with Gasteiger partial charge in [0.2, 0.25) is 0 Å². The molecule has 92 valence electrons. The number of amidine groups is 1. The van der Waals surface area contributed by atoms with Gasteiger partial charge in [0.1, 0.15) is 5.84 Å². The van der Waals surface area contributed by atoms with Crippen LogP contribution in [0.1, 0.15) is 12.5 Å². The molecular formula is C14H14N2OS. The summed E-state index contributed by atoms with van der Waals surface area (Å²) < 4.78 is 0. The van der Waals surface area contributed by atoms with Crippen LogP contribution in [0.2, 0.25) is 0 Å². The van der Waals surface area contributed by atoms with Gasteiger partial charge in [-0.1, -0.05) is 24.8 Å². The normalized spacial score (nSPS) is 20.8. The fourth-order valence-electron chi connectivity index (χ4n) is 1.72. The van der Waals surface area contributed by atoms with Crippen LogP contribution < -0.4 is 15.8 Å². The maximum atomic E-state index is 11.3. The second kappa shape index (κ2) is 5.23. The molecule has 0 bridgehead atoms. The molecule has 0 aromatic heterocycles. The molecule has 4 heteroatoms. The van der Waals surface area contributed by atoms with Gasteiger partial charge in [0.05, 0.1) is 4.91 Å². The highest BCUT2D eigenvalue weighted by atomic mass is 32.2. The van der Waals surface area contributed by atoms with Crippen molar-refractivity contribution in [1.82, 2.24) is 5.32 Å². The number of nitrogens with zero attached hydrogens (tertiary/aromatic N) is 1. The van der Waals surface area contributed by atoms with Gasteiger partial charge >= 0.3 is 0 Å². The van der Waals surface area contributed by atoms with Crippen LogP contribution >= 0.6 is 11.8 Å². The lowest BCUT2D eigenvalue weighted by Crippen LogP contribution is -2.22. The van der Waals surface area contributed by atoms with Gasteiger partial charge in [0, 0.05) is 7.05 Å². The van der Waals surface area contributed by atoms with Crippen LogP contribution in [0.4, 0.5) is 4.79 Å². The first-order valence-electron chi connectivity index (χ1n) is 5.57. The summed E-state index contributed by atoms with van der Waals surface area (Å²) in [5.41, 5.74) is 1.04. The van der Waals surface area contributed by atoms with Gasteiger partial charge in [-0.05, 0) is 46.8 Å². The molecule has 1 aromatic rings. The van der Waals surface area contributed by atoms with Crippen molar-refractivity contribution in [1.29, 1.82) is 0 Å². The van der Waals surface area contributed by atoms with Crippen molar-refractivity contribution >= 4 is 41.6 Å². The van der Waals surface area contributed by atoms with Crippen molar-refractivity contribution in [2.24, 2.45) is 4.99 Å². The average molecular weight is 258 g/mol. The fourth-order valence-corrected chi connectivity index (χ4v) is 2.50. The van der Waals surface area contributed by atoms with Gasteiger partial charge in [-0.3, -0.25) is 9.79 Å². The molecule has 1 N–H and O–H groups in total. The first kappa shape index (κ1) is 12.6. The highest BCUT2D eigenvalue weighted by molar-refractivity contribution is 8.18. The van der Waals surface area contributed by atoms with Crippen molar-refractivity contribution in [2.75, 3.05) is 7.05 Å². The second-order valence-electron chi connectivity index (χ2n) is 3.84. The molecule has 1 aromatic carbocycles. The minimum absolute atomic E-state index is 0.0853. The van der Waals surface area contributed by atoms with Crippen molar-refractivity contribution in [3.8, 4) is 0 Å². The number of benzene rings is 1. The summed E-state index contributed by atoms with van der Waals surface area (Å²) in [5.74, 6) is 0.630. The van der Waals surface area contributed by atoms with Gasteiger partial charge in [-0.15, -0.1) is 0 Å². The van der Waals surface area contributed by atoms with Crippen LogP contribution in [-0.2, 0) is 0 Å². The number of carbonyl (C=O) groups excluding carboxylic acids is 1. The molecular weight excluding hydrogens is 244 g/mol. The summed E-state index contributed by atoms with van der Waals surface area (Å²) in [6.07, 6.45) is 3.97. The maximum Gasteiger partial charge on any atom is 0.289 e. The van der Waals surface area contributed by atoms with Crippen molar-refractivity contribution < 1.29 is 4.79 Å². The topological polar surface area (TPSA) is 41.5 Å². The zero-order valence-corrected chi connectivity index (χ0v) is 11.2. The Hall–Kier alpha value is -1.81. The Kier molecular flexibility index (Phi) is 3.67. The van der Waals surface area contributed by atoms with E-state index in [0.717, 1.165) is 20.9 Å². The van der Waals surface area contributed by atoms with E-state index in [2.05, 4.69) is 16.9 Å². The molecule has 1 saturated heterocycles. The van der Waals surface area contributed by atoms with Crippen LogP contribution in [0.15, 0.2) is 28.1 Å². The van der Waals surface area contributed by atoms with E-state index >= 15 is 0 Å². The van der Waals surface area contributed by atoms with Crippen LogP contribution in [0.25, 0.3) is 18.7 Å². The number of hydrogen-bond donors (Lipinski definition) is 1.